The van der Waals surface area contributed by atoms with Crippen LogP contribution in [0.15, 0.2) is 24.3 Å². The largest absolute Gasteiger partial charge is 0.385 e. The summed E-state index contributed by atoms with van der Waals surface area (Å²) < 4.78 is 0. The molecule has 1 aromatic rings. The van der Waals surface area contributed by atoms with Crippen LogP contribution < -0.4 is 10.6 Å². The van der Waals surface area contributed by atoms with Gasteiger partial charge in [0.05, 0.1) is 11.5 Å². The topological polar surface area (TPSA) is 90.8 Å². The number of benzene rings is 1. The summed E-state index contributed by atoms with van der Waals surface area (Å²) in [6.07, 6.45) is 0.798. The van der Waals surface area contributed by atoms with Gasteiger partial charge >= 0.3 is 0 Å². The number of amides is 1. The number of nitro benzene ring substituents is 1. The van der Waals surface area contributed by atoms with Crippen LogP contribution in [0.5, 0.6) is 0 Å². The first-order chi connectivity index (χ1) is 12.1. The average molecular weight is 349 g/mol. The molecule has 0 unspecified atom stereocenters. The summed E-state index contributed by atoms with van der Waals surface area (Å²) >= 11 is 0. The summed E-state index contributed by atoms with van der Waals surface area (Å²) in [5.41, 5.74) is 0.920. The summed E-state index contributed by atoms with van der Waals surface area (Å²) in [6.45, 7) is 8.97. The van der Waals surface area contributed by atoms with Crippen molar-refractivity contribution in [3.05, 3.63) is 34.4 Å². The van der Waals surface area contributed by atoms with Gasteiger partial charge in [-0.05, 0) is 25.1 Å². The number of carbonyl (C=O) groups is 1. The highest BCUT2D eigenvalue weighted by atomic mass is 16.6. The van der Waals surface area contributed by atoms with E-state index in [-0.39, 0.29) is 11.6 Å². The fourth-order valence-corrected chi connectivity index (χ4v) is 2.77. The standard InChI is InChI=1S/C17H27N5O3/c1-2-20-10-12-21(13-11-20)14-17(23)19-9-3-8-18-15-4-6-16(7-5-15)22(24)25/h4-7,18H,2-3,8-14H2,1H3,(H,19,23). The van der Waals surface area contributed by atoms with Gasteiger partial charge in [0.25, 0.3) is 5.69 Å². The minimum Gasteiger partial charge on any atom is -0.385 e. The zero-order chi connectivity index (χ0) is 18.1. The third kappa shape index (κ3) is 6.67. The molecule has 1 saturated heterocycles. The number of rotatable bonds is 9. The van der Waals surface area contributed by atoms with E-state index in [2.05, 4.69) is 27.4 Å². The molecule has 2 N–H and O–H groups in total. The summed E-state index contributed by atoms with van der Waals surface area (Å²) in [5, 5.41) is 16.7. The lowest BCUT2D eigenvalue weighted by molar-refractivity contribution is -0.384. The van der Waals surface area contributed by atoms with E-state index in [4.69, 9.17) is 0 Å². The van der Waals surface area contributed by atoms with Crippen molar-refractivity contribution in [2.24, 2.45) is 0 Å². The lowest BCUT2D eigenvalue weighted by Crippen LogP contribution is -2.49. The second kappa shape index (κ2) is 9.95. The molecule has 1 aromatic carbocycles. The first-order valence-corrected chi connectivity index (χ1v) is 8.78. The molecule has 138 valence electrons. The van der Waals surface area contributed by atoms with Gasteiger partial charge in [-0.25, -0.2) is 0 Å². The number of carbonyl (C=O) groups excluding carboxylic acids is 1. The number of anilines is 1. The quantitative estimate of drug-likeness (QED) is 0.395. The molecule has 1 aliphatic heterocycles. The highest BCUT2D eigenvalue weighted by molar-refractivity contribution is 5.78. The van der Waals surface area contributed by atoms with E-state index in [9.17, 15) is 14.9 Å². The fraction of sp³-hybridized carbons (Fsp3) is 0.588. The van der Waals surface area contributed by atoms with Crippen molar-refractivity contribution in [1.82, 2.24) is 15.1 Å². The van der Waals surface area contributed by atoms with Crippen LogP contribution in [0.2, 0.25) is 0 Å². The molecule has 0 radical (unpaired) electrons. The van der Waals surface area contributed by atoms with Crippen LogP contribution in [0.4, 0.5) is 11.4 Å². The van der Waals surface area contributed by atoms with E-state index < -0.39 is 4.92 Å². The van der Waals surface area contributed by atoms with Gasteiger partial charge in [0.1, 0.15) is 0 Å². The first-order valence-electron chi connectivity index (χ1n) is 8.78. The van der Waals surface area contributed by atoms with E-state index in [1.165, 1.54) is 12.1 Å². The van der Waals surface area contributed by atoms with E-state index in [1.807, 2.05) is 0 Å². The molecule has 0 spiro atoms. The number of nitrogens with one attached hydrogen (secondary N) is 2. The monoisotopic (exact) mass is 349 g/mol. The van der Waals surface area contributed by atoms with Gasteiger partial charge in [-0.2, -0.15) is 0 Å². The average Bonchev–Trinajstić information content (AvgIpc) is 2.62. The summed E-state index contributed by atoms with van der Waals surface area (Å²) in [7, 11) is 0. The minimum absolute atomic E-state index is 0.0697. The van der Waals surface area contributed by atoms with Crippen LogP contribution in [0.3, 0.4) is 0 Å². The molecule has 8 heteroatoms. The molecule has 1 fully saturated rings. The maximum absolute atomic E-state index is 11.9. The molecule has 8 nitrogen and oxygen atoms in total. The first kappa shape index (κ1) is 19.1. The second-order valence-electron chi connectivity index (χ2n) is 6.14. The number of non-ortho nitro benzene ring substituents is 1. The third-order valence-corrected chi connectivity index (χ3v) is 4.36. The Kier molecular flexibility index (Phi) is 7.62. The Morgan fingerprint density at radius 3 is 2.36 bits per heavy atom. The Hall–Kier alpha value is -2.19. The highest BCUT2D eigenvalue weighted by Gasteiger charge is 2.17. The van der Waals surface area contributed by atoms with Gasteiger partial charge in [-0.15, -0.1) is 0 Å². The lowest BCUT2D eigenvalue weighted by Gasteiger charge is -2.33. The van der Waals surface area contributed by atoms with E-state index in [0.717, 1.165) is 44.8 Å². The fourth-order valence-electron chi connectivity index (χ4n) is 2.77. The SMILES string of the molecule is CCN1CCN(CC(=O)NCCCNc2ccc([N+](=O)[O-])cc2)CC1. The molecule has 0 bridgehead atoms. The third-order valence-electron chi connectivity index (χ3n) is 4.36. The summed E-state index contributed by atoms with van der Waals surface area (Å²) in [4.78, 5) is 26.7. The molecule has 0 saturated carbocycles. The predicted octanol–water partition coefficient (Wildman–Crippen LogP) is 1.15. The number of piperazine rings is 1. The predicted molar refractivity (Wildman–Crippen MR) is 97.8 cm³/mol. The van der Waals surface area contributed by atoms with Crippen molar-refractivity contribution >= 4 is 17.3 Å². The van der Waals surface area contributed by atoms with Crippen molar-refractivity contribution < 1.29 is 9.72 Å². The van der Waals surface area contributed by atoms with Crippen molar-refractivity contribution in [2.45, 2.75) is 13.3 Å². The van der Waals surface area contributed by atoms with Crippen molar-refractivity contribution in [1.29, 1.82) is 0 Å². The zero-order valence-corrected chi connectivity index (χ0v) is 14.7. The van der Waals surface area contributed by atoms with E-state index in [0.29, 0.717) is 19.6 Å². The molecule has 2 rings (SSSR count). The lowest BCUT2D eigenvalue weighted by atomic mass is 10.3. The molecule has 0 atom stereocenters. The highest BCUT2D eigenvalue weighted by Crippen LogP contribution is 2.15. The maximum atomic E-state index is 11.9. The Morgan fingerprint density at radius 2 is 1.76 bits per heavy atom. The van der Waals surface area contributed by atoms with Crippen LogP contribution >= 0.6 is 0 Å². The number of hydrogen-bond donors (Lipinski definition) is 2. The molecular formula is C17H27N5O3. The molecule has 0 aromatic heterocycles. The van der Waals surface area contributed by atoms with Gasteiger partial charge in [0.15, 0.2) is 0 Å². The van der Waals surface area contributed by atoms with E-state index in [1.54, 1.807) is 12.1 Å². The molecule has 1 aliphatic rings. The van der Waals surface area contributed by atoms with Gasteiger partial charge in [0, 0.05) is 57.1 Å². The number of hydrogen-bond acceptors (Lipinski definition) is 6. The van der Waals surface area contributed by atoms with Crippen molar-refractivity contribution in [3.8, 4) is 0 Å². The molecule has 25 heavy (non-hydrogen) atoms. The van der Waals surface area contributed by atoms with Crippen LogP contribution in [0, 0.1) is 10.1 Å². The van der Waals surface area contributed by atoms with Crippen LogP contribution in [0.1, 0.15) is 13.3 Å². The van der Waals surface area contributed by atoms with Gasteiger partial charge in [-0.3, -0.25) is 19.8 Å². The number of nitro groups is 1. The Balaban J connectivity index is 1.55. The molecule has 1 heterocycles. The van der Waals surface area contributed by atoms with E-state index >= 15 is 0 Å². The molecule has 1 amide bonds. The Bertz CT molecular complexity index is 556. The Morgan fingerprint density at radius 1 is 1.12 bits per heavy atom. The van der Waals surface area contributed by atoms with Gasteiger partial charge in [0.2, 0.25) is 5.91 Å². The van der Waals surface area contributed by atoms with Crippen LogP contribution in [-0.2, 0) is 4.79 Å². The van der Waals surface area contributed by atoms with Crippen molar-refractivity contribution in [2.75, 3.05) is 57.7 Å². The number of nitrogens with zero attached hydrogens (tertiary/aromatic N) is 3. The number of likely N-dealkylation sites (N-methyl/N-ethyl adjacent to an activating group) is 1. The van der Waals surface area contributed by atoms with Gasteiger partial charge < -0.3 is 15.5 Å². The normalized spacial score (nSPS) is 15.7. The van der Waals surface area contributed by atoms with Crippen LogP contribution in [0.25, 0.3) is 0 Å². The maximum Gasteiger partial charge on any atom is 0.269 e. The summed E-state index contributed by atoms with van der Waals surface area (Å²) in [5.74, 6) is 0.0697. The zero-order valence-electron chi connectivity index (χ0n) is 14.7. The Labute approximate surface area is 148 Å². The van der Waals surface area contributed by atoms with Crippen molar-refractivity contribution in [3.63, 3.8) is 0 Å². The van der Waals surface area contributed by atoms with Crippen LogP contribution in [-0.4, -0.2) is 73.0 Å². The van der Waals surface area contributed by atoms with Gasteiger partial charge in [-0.1, -0.05) is 6.92 Å². The summed E-state index contributed by atoms with van der Waals surface area (Å²) in [6, 6.07) is 6.32. The second-order valence-corrected chi connectivity index (χ2v) is 6.14. The smallest absolute Gasteiger partial charge is 0.269 e. The molecule has 0 aliphatic carbocycles. The molecular weight excluding hydrogens is 322 g/mol. The minimum atomic E-state index is -0.415.